The molecule has 0 saturated heterocycles. The largest absolute Gasteiger partial charge is 0.288 e. The third kappa shape index (κ3) is 4.13. The first-order chi connectivity index (χ1) is 7.09. The average molecular weight is 223 g/mol. The van der Waals surface area contributed by atoms with E-state index in [0.29, 0.717) is 17.0 Å². The molecule has 0 aromatic carbocycles. The van der Waals surface area contributed by atoms with Crippen molar-refractivity contribution in [3.05, 3.63) is 29.3 Å². The Hall–Kier alpha value is -1.34. The number of carbonyl (C=O) groups excluding carboxylic acids is 1. The van der Waals surface area contributed by atoms with Crippen LogP contribution >= 0.6 is 11.8 Å². The van der Waals surface area contributed by atoms with Crippen LogP contribution in [-0.2, 0) is 4.79 Å². The zero-order valence-corrected chi connectivity index (χ0v) is 9.32. The Morgan fingerprint density at radius 2 is 2.33 bits per heavy atom. The number of pyridine rings is 1. The first-order valence-electron chi connectivity index (χ1n) is 4.35. The molecule has 0 aliphatic rings. The van der Waals surface area contributed by atoms with Crippen molar-refractivity contribution in [2.24, 2.45) is 0 Å². The summed E-state index contributed by atoms with van der Waals surface area (Å²) >= 11 is 1.15. The molecule has 0 aliphatic heterocycles. The van der Waals surface area contributed by atoms with Gasteiger partial charge in [-0.3, -0.25) is 4.79 Å². The lowest BCUT2D eigenvalue weighted by Gasteiger charge is -1.95. The van der Waals surface area contributed by atoms with Crippen LogP contribution in [0.15, 0.2) is 12.1 Å². The zero-order valence-electron chi connectivity index (χ0n) is 8.50. The number of carbonyl (C=O) groups is 1. The third-order valence-corrected chi connectivity index (χ3v) is 2.32. The zero-order chi connectivity index (χ0) is 11.3. The van der Waals surface area contributed by atoms with Crippen molar-refractivity contribution < 1.29 is 9.18 Å². The number of aryl methyl sites for hydroxylation is 1. The number of hydrogen-bond donors (Lipinski definition) is 0. The van der Waals surface area contributed by atoms with E-state index in [2.05, 4.69) is 16.8 Å². The van der Waals surface area contributed by atoms with Gasteiger partial charge in [-0.15, -0.1) is 0 Å². The number of aromatic nitrogens is 1. The quantitative estimate of drug-likeness (QED) is 0.540. The molecule has 0 fully saturated rings. The molecule has 0 atom stereocenters. The van der Waals surface area contributed by atoms with Gasteiger partial charge < -0.3 is 0 Å². The van der Waals surface area contributed by atoms with Gasteiger partial charge in [-0.1, -0.05) is 23.6 Å². The van der Waals surface area contributed by atoms with Gasteiger partial charge in [0.05, 0.1) is 11.4 Å². The highest BCUT2D eigenvalue weighted by atomic mass is 32.2. The van der Waals surface area contributed by atoms with Gasteiger partial charge in [-0.05, 0) is 19.1 Å². The number of halogens is 1. The summed E-state index contributed by atoms with van der Waals surface area (Å²) in [4.78, 5) is 14.2. The molecule has 2 nitrogen and oxygen atoms in total. The van der Waals surface area contributed by atoms with E-state index in [0.717, 1.165) is 11.8 Å². The van der Waals surface area contributed by atoms with Crippen LogP contribution in [0.2, 0.25) is 0 Å². The molecule has 0 bridgehead atoms. The summed E-state index contributed by atoms with van der Waals surface area (Å²) in [7, 11) is 0. The average Bonchev–Trinajstić information content (AvgIpc) is 2.14. The SMILES string of the molecule is CC(=O)SCC#Cc1ccc(F)nc1C. The Labute approximate surface area is 92.3 Å². The van der Waals surface area contributed by atoms with Crippen LogP contribution in [0.4, 0.5) is 4.39 Å². The molecule has 0 aliphatic carbocycles. The van der Waals surface area contributed by atoms with Crippen LogP contribution in [0.3, 0.4) is 0 Å². The molecule has 1 aromatic rings. The van der Waals surface area contributed by atoms with Crippen molar-refractivity contribution in [2.75, 3.05) is 5.75 Å². The fraction of sp³-hybridized carbons (Fsp3) is 0.273. The normalized spacial score (nSPS) is 9.27. The first-order valence-corrected chi connectivity index (χ1v) is 5.33. The lowest BCUT2D eigenvalue weighted by atomic mass is 10.2. The van der Waals surface area contributed by atoms with Crippen molar-refractivity contribution in [1.82, 2.24) is 4.98 Å². The van der Waals surface area contributed by atoms with Gasteiger partial charge >= 0.3 is 0 Å². The van der Waals surface area contributed by atoms with Crippen LogP contribution in [0.1, 0.15) is 18.2 Å². The smallest absolute Gasteiger partial charge is 0.213 e. The highest BCUT2D eigenvalue weighted by Crippen LogP contribution is 2.04. The van der Waals surface area contributed by atoms with Crippen LogP contribution in [0.25, 0.3) is 0 Å². The summed E-state index contributed by atoms with van der Waals surface area (Å²) in [5, 5.41) is 0.0400. The highest BCUT2D eigenvalue weighted by Gasteiger charge is 1.97. The second kappa shape index (κ2) is 5.52. The maximum absolute atomic E-state index is 12.6. The summed E-state index contributed by atoms with van der Waals surface area (Å²) in [5.74, 6) is 5.61. The predicted octanol–water partition coefficient (Wildman–Crippen LogP) is 2.16. The van der Waals surface area contributed by atoms with E-state index >= 15 is 0 Å². The van der Waals surface area contributed by atoms with Gasteiger partial charge in [-0.25, -0.2) is 4.98 Å². The molecule has 15 heavy (non-hydrogen) atoms. The lowest BCUT2D eigenvalue weighted by Crippen LogP contribution is -1.90. The molecule has 1 rings (SSSR count). The standard InChI is InChI=1S/C11H10FNOS/c1-8-10(5-6-11(12)13-8)4-3-7-15-9(2)14/h5-6H,7H2,1-2H3. The van der Waals surface area contributed by atoms with E-state index in [4.69, 9.17) is 0 Å². The Bertz CT molecular complexity index is 434. The molecule has 0 radical (unpaired) electrons. The second-order valence-corrected chi connectivity index (χ2v) is 4.00. The molecular formula is C11H10FNOS. The van der Waals surface area contributed by atoms with Crippen molar-refractivity contribution in [3.63, 3.8) is 0 Å². The summed E-state index contributed by atoms with van der Waals surface area (Å²) < 4.78 is 12.6. The van der Waals surface area contributed by atoms with Crippen LogP contribution in [0, 0.1) is 24.7 Å². The summed E-state index contributed by atoms with van der Waals surface area (Å²) in [6, 6.07) is 2.86. The molecule has 0 spiro atoms. The number of thioether (sulfide) groups is 1. The Morgan fingerprint density at radius 3 is 2.93 bits per heavy atom. The fourth-order valence-electron chi connectivity index (χ4n) is 0.932. The van der Waals surface area contributed by atoms with E-state index in [-0.39, 0.29) is 5.12 Å². The van der Waals surface area contributed by atoms with Gasteiger partial charge in [0.15, 0.2) is 5.12 Å². The molecule has 4 heteroatoms. The minimum absolute atomic E-state index is 0.0400. The maximum atomic E-state index is 12.6. The van der Waals surface area contributed by atoms with E-state index in [1.54, 1.807) is 13.0 Å². The van der Waals surface area contributed by atoms with Gasteiger partial charge in [0.25, 0.3) is 0 Å². The number of hydrogen-bond acceptors (Lipinski definition) is 3. The van der Waals surface area contributed by atoms with Crippen LogP contribution < -0.4 is 0 Å². The van der Waals surface area contributed by atoms with Crippen molar-refractivity contribution in [1.29, 1.82) is 0 Å². The molecular weight excluding hydrogens is 213 g/mol. The van der Waals surface area contributed by atoms with E-state index in [1.165, 1.54) is 13.0 Å². The summed E-state index contributed by atoms with van der Waals surface area (Å²) in [6.45, 7) is 3.20. The number of rotatable bonds is 1. The van der Waals surface area contributed by atoms with Gasteiger partial charge in [0.1, 0.15) is 0 Å². The van der Waals surface area contributed by atoms with Crippen molar-refractivity contribution in [3.8, 4) is 11.8 Å². The topological polar surface area (TPSA) is 30.0 Å². The number of nitrogens with zero attached hydrogens (tertiary/aromatic N) is 1. The third-order valence-electron chi connectivity index (χ3n) is 1.62. The molecule has 0 N–H and O–H groups in total. The van der Waals surface area contributed by atoms with Gasteiger partial charge in [0, 0.05) is 12.5 Å². The molecule has 0 amide bonds. The molecule has 0 saturated carbocycles. The van der Waals surface area contributed by atoms with Gasteiger partial charge in [-0.2, -0.15) is 4.39 Å². The fourth-order valence-corrected chi connectivity index (χ4v) is 1.28. The second-order valence-electron chi connectivity index (χ2n) is 2.85. The highest BCUT2D eigenvalue weighted by molar-refractivity contribution is 8.13. The Morgan fingerprint density at radius 1 is 1.60 bits per heavy atom. The van der Waals surface area contributed by atoms with Crippen molar-refractivity contribution in [2.45, 2.75) is 13.8 Å². The van der Waals surface area contributed by atoms with Crippen molar-refractivity contribution >= 4 is 16.9 Å². The first kappa shape index (κ1) is 11.7. The Kier molecular flexibility index (Phi) is 4.32. The summed E-state index contributed by atoms with van der Waals surface area (Å²) in [5.41, 5.74) is 1.26. The molecule has 78 valence electrons. The van der Waals surface area contributed by atoms with E-state index in [1.807, 2.05) is 0 Å². The Balaban J connectivity index is 2.67. The lowest BCUT2D eigenvalue weighted by molar-refractivity contribution is -0.109. The predicted molar refractivity (Wildman–Crippen MR) is 58.9 cm³/mol. The molecule has 0 unspecified atom stereocenters. The monoisotopic (exact) mass is 223 g/mol. The van der Waals surface area contributed by atoms with Crippen LogP contribution in [-0.4, -0.2) is 15.9 Å². The van der Waals surface area contributed by atoms with Gasteiger partial charge in [0.2, 0.25) is 5.95 Å². The summed E-state index contributed by atoms with van der Waals surface area (Å²) in [6.07, 6.45) is 0. The van der Waals surface area contributed by atoms with E-state index < -0.39 is 5.95 Å². The molecule has 1 aromatic heterocycles. The minimum Gasteiger partial charge on any atom is -0.288 e. The minimum atomic E-state index is -0.504. The molecule has 1 heterocycles. The maximum Gasteiger partial charge on any atom is 0.213 e. The van der Waals surface area contributed by atoms with Crippen LogP contribution in [0.5, 0.6) is 0 Å². The van der Waals surface area contributed by atoms with E-state index in [9.17, 15) is 9.18 Å².